The van der Waals surface area contributed by atoms with Crippen LogP contribution in [0.4, 0.5) is 0 Å². The Hall–Kier alpha value is -1.86. The average molecular weight is 346 g/mol. The molecule has 1 aliphatic rings. The minimum atomic E-state index is -0.0781. The molecule has 6 nitrogen and oxygen atoms in total. The summed E-state index contributed by atoms with van der Waals surface area (Å²) in [4.78, 5) is 8.41. The molecule has 0 unspecified atom stereocenters. The van der Waals surface area contributed by atoms with E-state index in [-0.39, 0.29) is 11.9 Å². The van der Waals surface area contributed by atoms with Crippen LogP contribution < -0.4 is 0 Å². The summed E-state index contributed by atoms with van der Waals surface area (Å²) in [7, 11) is 0. The summed E-state index contributed by atoms with van der Waals surface area (Å²) >= 11 is 1.50. The van der Waals surface area contributed by atoms with Crippen molar-refractivity contribution in [1.82, 2.24) is 19.5 Å². The van der Waals surface area contributed by atoms with E-state index in [4.69, 9.17) is 4.42 Å². The fourth-order valence-corrected chi connectivity index (χ4v) is 4.60. The van der Waals surface area contributed by atoms with Crippen LogP contribution in [0.1, 0.15) is 53.9 Å². The maximum atomic E-state index is 10.7. The highest BCUT2D eigenvalue weighted by Gasteiger charge is 2.31. The Morgan fingerprint density at radius 2 is 1.92 bits per heavy atom. The number of nitrogens with zero attached hydrogens (tertiary/aromatic N) is 4. The van der Waals surface area contributed by atoms with Gasteiger partial charge in [-0.25, -0.2) is 4.98 Å². The molecule has 3 aromatic rings. The first-order valence-electron chi connectivity index (χ1n) is 8.49. The normalized spacial score (nSPS) is 18.1. The number of aromatic hydroxyl groups is 1. The summed E-state index contributed by atoms with van der Waals surface area (Å²) in [6.45, 7) is 5.81. The average Bonchev–Trinajstić information content (AvgIpc) is 3.12. The molecule has 3 aromatic heterocycles. The number of likely N-dealkylation sites (tertiary alicyclic amines) is 1. The van der Waals surface area contributed by atoms with E-state index in [0.29, 0.717) is 5.82 Å². The number of aryl methyl sites for hydroxylation is 2. The van der Waals surface area contributed by atoms with Crippen LogP contribution in [0, 0.1) is 13.8 Å². The van der Waals surface area contributed by atoms with E-state index >= 15 is 0 Å². The number of fused-ring (bicyclic) bond motifs is 1. The van der Waals surface area contributed by atoms with Gasteiger partial charge >= 0.3 is 0 Å². The maximum absolute atomic E-state index is 10.7. The Morgan fingerprint density at radius 3 is 2.54 bits per heavy atom. The van der Waals surface area contributed by atoms with E-state index in [0.717, 1.165) is 34.4 Å². The summed E-state index contributed by atoms with van der Waals surface area (Å²) in [5.41, 5.74) is 0. The quantitative estimate of drug-likeness (QED) is 0.784. The summed E-state index contributed by atoms with van der Waals surface area (Å²) in [5, 5.41) is 15.0. The van der Waals surface area contributed by atoms with Crippen LogP contribution in [0.25, 0.3) is 4.96 Å². The second-order valence-electron chi connectivity index (χ2n) is 6.44. The van der Waals surface area contributed by atoms with Gasteiger partial charge in [0.25, 0.3) is 0 Å². The zero-order chi connectivity index (χ0) is 16.7. The van der Waals surface area contributed by atoms with Gasteiger partial charge in [0.2, 0.25) is 10.8 Å². The largest absolute Gasteiger partial charge is 0.492 e. The molecule has 7 heteroatoms. The van der Waals surface area contributed by atoms with Crippen molar-refractivity contribution in [3.05, 3.63) is 34.4 Å². The van der Waals surface area contributed by atoms with E-state index in [2.05, 4.69) is 15.0 Å². The highest BCUT2D eigenvalue weighted by molar-refractivity contribution is 7.17. The summed E-state index contributed by atoms with van der Waals surface area (Å²) in [6.07, 6.45) is 4.88. The molecule has 0 bridgehead atoms. The zero-order valence-electron chi connectivity index (χ0n) is 14.0. The van der Waals surface area contributed by atoms with Gasteiger partial charge in [0.15, 0.2) is 0 Å². The van der Waals surface area contributed by atoms with Gasteiger partial charge in [-0.05, 0) is 51.9 Å². The van der Waals surface area contributed by atoms with Crippen LogP contribution in [-0.2, 0) is 0 Å². The minimum absolute atomic E-state index is 0.0781. The van der Waals surface area contributed by atoms with Gasteiger partial charge in [-0.15, -0.1) is 5.10 Å². The highest BCUT2D eigenvalue weighted by Crippen LogP contribution is 2.41. The first-order valence-corrected chi connectivity index (χ1v) is 9.30. The number of rotatable bonds is 3. The van der Waals surface area contributed by atoms with Crippen LogP contribution in [0.2, 0.25) is 0 Å². The van der Waals surface area contributed by atoms with Crippen molar-refractivity contribution < 1.29 is 9.52 Å². The van der Waals surface area contributed by atoms with Gasteiger partial charge < -0.3 is 9.52 Å². The first-order chi connectivity index (χ1) is 11.6. The predicted molar refractivity (Wildman–Crippen MR) is 92.6 cm³/mol. The van der Waals surface area contributed by atoms with E-state index in [1.165, 1.54) is 41.5 Å². The van der Waals surface area contributed by atoms with Crippen molar-refractivity contribution >= 4 is 16.3 Å². The molecule has 128 valence electrons. The summed E-state index contributed by atoms with van der Waals surface area (Å²) < 4.78 is 7.49. The molecular weight excluding hydrogens is 324 g/mol. The summed E-state index contributed by atoms with van der Waals surface area (Å²) in [6, 6.07) is 3.93. The molecule has 1 aliphatic heterocycles. The Morgan fingerprint density at radius 1 is 1.17 bits per heavy atom. The number of hydrogen-bond acceptors (Lipinski definition) is 6. The van der Waals surface area contributed by atoms with Crippen molar-refractivity contribution in [2.75, 3.05) is 13.1 Å². The van der Waals surface area contributed by atoms with Gasteiger partial charge in [0, 0.05) is 0 Å². The third kappa shape index (κ3) is 2.71. The van der Waals surface area contributed by atoms with Crippen LogP contribution in [0.5, 0.6) is 5.88 Å². The molecule has 24 heavy (non-hydrogen) atoms. The van der Waals surface area contributed by atoms with E-state index in [1.54, 1.807) is 0 Å². The topological polar surface area (TPSA) is 66.8 Å². The maximum Gasteiger partial charge on any atom is 0.230 e. The van der Waals surface area contributed by atoms with Crippen molar-refractivity contribution in [2.24, 2.45) is 0 Å². The lowest BCUT2D eigenvalue weighted by Gasteiger charge is -2.28. The molecule has 0 saturated carbocycles. The third-order valence-corrected chi connectivity index (χ3v) is 5.66. The lowest BCUT2D eigenvalue weighted by molar-refractivity contribution is 0.207. The van der Waals surface area contributed by atoms with Crippen LogP contribution in [0.15, 0.2) is 16.5 Å². The van der Waals surface area contributed by atoms with Gasteiger partial charge in [0.05, 0.1) is 4.88 Å². The van der Waals surface area contributed by atoms with E-state index in [9.17, 15) is 5.11 Å². The van der Waals surface area contributed by atoms with Crippen molar-refractivity contribution in [3.8, 4) is 5.88 Å². The molecule has 1 atom stereocenters. The molecule has 4 rings (SSSR count). The third-order valence-electron chi connectivity index (χ3n) is 4.59. The standard InChI is InChI=1S/C17H22N4O2S/c1-11-7-8-13(23-11)14(20-9-5-3-4-6-10-20)15-16(22)21-17(24-15)18-12(2)19-21/h7-8,14,22H,3-6,9-10H2,1-2H3/t14-/m1/s1. The molecule has 0 aromatic carbocycles. The molecule has 0 amide bonds. The monoisotopic (exact) mass is 346 g/mol. The Kier molecular flexibility index (Phi) is 4.05. The van der Waals surface area contributed by atoms with Crippen molar-refractivity contribution in [3.63, 3.8) is 0 Å². The van der Waals surface area contributed by atoms with E-state index in [1.807, 2.05) is 26.0 Å². The molecule has 4 heterocycles. The van der Waals surface area contributed by atoms with Crippen LogP contribution >= 0.6 is 11.3 Å². The first kappa shape index (κ1) is 15.7. The second-order valence-corrected chi connectivity index (χ2v) is 7.45. The van der Waals surface area contributed by atoms with E-state index < -0.39 is 0 Å². The Labute approximate surface area is 144 Å². The highest BCUT2D eigenvalue weighted by atomic mass is 32.1. The SMILES string of the molecule is Cc1nc2sc([C@@H](c3ccc(C)o3)N3CCCCCC3)c(O)n2n1. The molecular formula is C17H22N4O2S. The fraction of sp³-hybridized carbons (Fsp3) is 0.529. The van der Waals surface area contributed by atoms with Crippen molar-refractivity contribution in [1.29, 1.82) is 0 Å². The fourth-order valence-electron chi connectivity index (χ4n) is 3.45. The summed E-state index contributed by atoms with van der Waals surface area (Å²) in [5.74, 6) is 2.62. The number of hydrogen-bond donors (Lipinski definition) is 1. The minimum Gasteiger partial charge on any atom is -0.492 e. The molecule has 0 spiro atoms. The molecule has 1 saturated heterocycles. The lowest BCUT2D eigenvalue weighted by atomic mass is 10.1. The Balaban J connectivity index is 1.81. The van der Waals surface area contributed by atoms with Crippen LogP contribution in [-0.4, -0.2) is 37.7 Å². The van der Waals surface area contributed by atoms with Gasteiger partial charge in [0.1, 0.15) is 23.4 Å². The smallest absolute Gasteiger partial charge is 0.230 e. The van der Waals surface area contributed by atoms with Gasteiger partial charge in [-0.1, -0.05) is 24.2 Å². The molecule has 0 aliphatic carbocycles. The second kappa shape index (κ2) is 6.22. The van der Waals surface area contributed by atoms with Crippen molar-refractivity contribution in [2.45, 2.75) is 45.6 Å². The lowest BCUT2D eigenvalue weighted by Crippen LogP contribution is -2.30. The number of furan rings is 1. The molecule has 1 fully saturated rings. The zero-order valence-corrected chi connectivity index (χ0v) is 14.8. The van der Waals surface area contributed by atoms with Crippen LogP contribution in [0.3, 0.4) is 0 Å². The van der Waals surface area contributed by atoms with Gasteiger partial charge in [-0.3, -0.25) is 4.90 Å². The predicted octanol–water partition coefficient (Wildman–Crippen LogP) is 3.67. The number of aromatic nitrogens is 3. The Bertz CT molecular complexity index is 842. The number of thiazole rings is 1. The van der Waals surface area contributed by atoms with Gasteiger partial charge in [-0.2, -0.15) is 4.52 Å². The molecule has 1 N–H and O–H groups in total. The molecule has 0 radical (unpaired) electrons.